The fourth-order valence-corrected chi connectivity index (χ4v) is 2.88. The van der Waals surface area contributed by atoms with Gasteiger partial charge in [-0.2, -0.15) is 5.26 Å². The number of nitrogens with zero attached hydrogens (tertiary/aromatic N) is 3. The number of aliphatic imine (C=N–C) groups is 1. The number of benzene rings is 1. The molecule has 6 heteroatoms. The van der Waals surface area contributed by atoms with Gasteiger partial charge in [0.05, 0.1) is 23.9 Å². The number of hydrogen-bond donors (Lipinski definition) is 2. The molecule has 0 radical (unpaired) electrons. The fraction of sp³-hybridized carbons (Fsp3) is 0.353. The maximum atomic E-state index is 8.92. The molecule has 0 spiro atoms. The van der Waals surface area contributed by atoms with E-state index in [1.54, 1.807) is 24.5 Å². The van der Waals surface area contributed by atoms with E-state index in [2.05, 4.69) is 45.9 Å². The van der Waals surface area contributed by atoms with E-state index in [0.29, 0.717) is 30.5 Å². The van der Waals surface area contributed by atoms with E-state index >= 15 is 0 Å². The van der Waals surface area contributed by atoms with Crippen LogP contribution in [0.1, 0.15) is 41.6 Å². The summed E-state index contributed by atoms with van der Waals surface area (Å²) in [6.07, 6.45) is 0. The lowest BCUT2D eigenvalue weighted by Crippen LogP contribution is -2.36. The summed E-state index contributed by atoms with van der Waals surface area (Å²) in [6.45, 7) is 5.55. The minimum absolute atomic E-state index is 0.449. The summed E-state index contributed by atoms with van der Waals surface area (Å²) in [5.41, 5.74) is 2.84. The standard InChI is InChI=1S/C17H21N5S/c1-12(2)15-11-23-16(22-15)10-21-17(19-3)20-9-14-6-4-5-13(7-14)8-18/h4-7,11-12H,9-10H2,1-3H3,(H2,19,20,21). The zero-order chi connectivity index (χ0) is 16.7. The van der Waals surface area contributed by atoms with Gasteiger partial charge in [-0.05, 0) is 23.6 Å². The zero-order valence-corrected chi connectivity index (χ0v) is 14.4. The van der Waals surface area contributed by atoms with Crippen molar-refractivity contribution in [2.75, 3.05) is 7.05 Å². The van der Waals surface area contributed by atoms with E-state index in [4.69, 9.17) is 5.26 Å². The van der Waals surface area contributed by atoms with Crippen molar-refractivity contribution in [1.29, 1.82) is 5.26 Å². The second-order valence-corrected chi connectivity index (χ2v) is 6.35. The Kier molecular flexibility index (Phi) is 6.12. The van der Waals surface area contributed by atoms with Crippen molar-refractivity contribution in [3.05, 3.63) is 51.5 Å². The van der Waals surface area contributed by atoms with Gasteiger partial charge < -0.3 is 10.6 Å². The van der Waals surface area contributed by atoms with Crippen molar-refractivity contribution in [3.8, 4) is 6.07 Å². The largest absolute Gasteiger partial charge is 0.352 e. The van der Waals surface area contributed by atoms with Crippen LogP contribution in [0.3, 0.4) is 0 Å². The lowest BCUT2D eigenvalue weighted by atomic mass is 10.1. The third kappa shape index (κ3) is 5.08. The number of aromatic nitrogens is 1. The van der Waals surface area contributed by atoms with Crippen LogP contribution in [0.15, 0.2) is 34.6 Å². The zero-order valence-electron chi connectivity index (χ0n) is 13.6. The van der Waals surface area contributed by atoms with Crippen LogP contribution in [-0.4, -0.2) is 18.0 Å². The summed E-state index contributed by atoms with van der Waals surface area (Å²) in [5.74, 6) is 1.17. The highest BCUT2D eigenvalue weighted by Gasteiger charge is 2.06. The fourth-order valence-electron chi connectivity index (χ4n) is 1.99. The van der Waals surface area contributed by atoms with Crippen LogP contribution in [0.2, 0.25) is 0 Å². The molecular weight excluding hydrogens is 306 g/mol. The SMILES string of the molecule is CN=C(NCc1cccc(C#N)c1)NCc1nc(C(C)C)cs1. The monoisotopic (exact) mass is 327 g/mol. The molecule has 0 aliphatic heterocycles. The first kappa shape index (κ1) is 17.0. The van der Waals surface area contributed by atoms with Crippen molar-refractivity contribution in [1.82, 2.24) is 15.6 Å². The highest BCUT2D eigenvalue weighted by atomic mass is 32.1. The van der Waals surface area contributed by atoms with Gasteiger partial charge in [0, 0.05) is 19.0 Å². The molecule has 0 unspecified atom stereocenters. The Morgan fingerprint density at radius 3 is 2.78 bits per heavy atom. The van der Waals surface area contributed by atoms with Crippen molar-refractivity contribution in [2.24, 2.45) is 4.99 Å². The summed E-state index contributed by atoms with van der Waals surface area (Å²) in [6, 6.07) is 9.68. The highest BCUT2D eigenvalue weighted by Crippen LogP contribution is 2.17. The molecule has 0 aliphatic rings. The molecule has 120 valence electrons. The first-order valence-corrected chi connectivity index (χ1v) is 8.38. The van der Waals surface area contributed by atoms with Crippen molar-refractivity contribution in [2.45, 2.75) is 32.9 Å². The molecule has 0 amide bonds. The third-order valence-corrected chi connectivity index (χ3v) is 4.17. The average Bonchev–Trinajstić information content (AvgIpc) is 3.04. The normalized spacial score (nSPS) is 11.3. The molecule has 2 aromatic rings. The van der Waals surface area contributed by atoms with Gasteiger partial charge in [0.2, 0.25) is 0 Å². The molecule has 1 heterocycles. The lowest BCUT2D eigenvalue weighted by molar-refractivity contribution is 0.785. The minimum atomic E-state index is 0.449. The van der Waals surface area contributed by atoms with E-state index in [-0.39, 0.29) is 0 Å². The topological polar surface area (TPSA) is 73.1 Å². The molecule has 2 rings (SSSR count). The Hall–Kier alpha value is -2.39. The molecule has 0 atom stereocenters. The molecule has 2 N–H and O–H groups in total. The second-order valence-electron chi connectivity index (χ2n) is 5.41. The molecule has 0 saturated heterocycles. The highest BCUT2D eigenvalue weighted by molar-refractivity contribution is 7.09. The summed E-state index contributed by atoms with van der Waals surface area (Å²) < 4.78 is 0. The molecule has 0 aliphatic carbocycles. The maximum absolute atomic E-state index is 8.92. The Labute approximate surface area is 141 Å². The summed E-state index contributed by atoms with van der Waals surface area (Å²) in [7, 11) is 1.74. The van der Waals surface area contributed by atoms with E-state index in [0.717, 1.165) is 16.3 Å². The predicted molar refractivity (Wildman–Crippen MR) is 94.4 cm³/mol. The quantitative estimate of drug-likeness (QED) is 0.654. The number of hydrogen-bond acceptors (Lipinski definition) is 4. The van der Waals surface area contributed by atoms with Crippen LogP contribution in [0.25, 0.3) is 0 Å². The first-order chi connectivity index (χ1) is 11.1. The number of rotatable bonds is 5. The van der Waals surface area contributed by atoms with Crippen molar-refractivity contribution in [3.63, 3.8) is 0 Å². The van der Waals surface area contributed by atoms with E-state index < -0.39 is 0 Å². The Balaban J connectivity index is 1.86. The van der Waals surface area contributed by atoms with Gasteiger partial charge in [0.25, 0.3) is 0 Å². The van der Waals surface area contributed by atoms with Gasteiger partial charge >= 0.3 is 0 Å². The summed E-state index contributed by atoms with van der Waals surface area (Å²) >= 11 is 1.66. The summed E-state index contributed by atoms with van der Waals surface area (Å²) in [5, 5.41) is 18.6. The Morgan fingerprint density at radius 1 is 1.35 bits per heavy atom. The van der Waals surface area contributed by atoms with Crippen LogP contribution in [0.4, 0.5) is 0 Å². The molecule has 23 heavy (non-hydrogen) atoms. The summed E-state index contributed by atoms with van der Waals surface area (Å²) in [4.78, 5) is 8.80. The van der Waals surface area contributed by atoms with E-state index in [9.17, 15) is 0 Å². The van der Waals surface area contributed by atoms with Crippen LogP contribution < -0.4 is 10.6 Å². The molecule has 1 aromatic heterocycles. The molecule has 0 fully saturated rings. The van der Waals surface area contributed by atoms with Crippen molar-refractivity contribution >= 4 is 17.3 Å². The van der Waals surface area contributed by atoms with Crippen LogP contribution in [-0.2, 0) is 13.1 Å². The Morgan fingerprint density at radius 2 is 2.13 bits per heavy atom. The molecule has 0 bridgehead atoms. The van der Waals surface area contributed by atoms with E-state index in [1.807, 2.05) is 18.2 Å². The smallest absolute Gasteiger partial charge is 0.191 e. The Bertz CT molecular complexity index is 712. The first-order valence-electron chi connectivity index (χ1n) is 7.50. The van der Waals surface area contributed by atoms with Gasteiger partial charge in [0.1, 0.15) is 5.01 Å². The van der Waals surface area contributed by atoms with Gasteiger partial charge in [-0.25, -0.2) is 4.98 Å². The molecule has 1 aromatic carbocycles. The molecular formula is C17H21N5S. The van der Waals surface area contributed by atoms with Crippen LogP contribution >= 0.6 is 11.3 Å². The molecule has 0 saturated carbocycles. The van der Waals surface area contributed by atoms with Gasteiger partial charge in [-0.3, -0.25) is 4.99 Å². The minimum Gasteiger partial charge on any atom is -0.352 e. The van der Waals surface area contributed by atoms with Crippen molar-refractivity contribution < 1.29 is 0 Å². The van der Waals surface area contributed by atoms with Gasteiger partial charge in [0.15, 0.2) is 5.96 Å². The average molecular weight is 327 g/mol. The van der Waals surface area contributed by atoms with Crippen LogP contribution in [0, 0.1) is 11.3 Å². The third-order valence-electron chi connectivity index (χ3n) is 3.31. The number of nitrogens with one attached hydrogen (secondary N) is 2. The van der Waals surface area contributed by atoms with Gasteiger partial charge in [-0.1, -0.05) is 26.0 Å². The predicted octanol–water partition coefficient (Wildman–Crippen LogP) is 3.00. The van der Waals surface area contributed by atoms with E-state index in [1.165, 1.54) is 0 Å². The number of guanidine groups is 1. The lowest BCUT2D eigenvalue weighted by Gasteiger charge is -2.11. The van der Waals surface area contributed by atoms with Crippen LogP contribution in [0.5, 0.6) is 0 Å². The number of thiazole rings is 1. The van der Waals surface area contributed by atoms with Gasteiger partial charge in [-0.15, -0.1) is 11.3 Å². The second kappa shape index (κ2) is 8.30. The molecule has 5 nitrogen and oxygen atoms in total. The number of nitriles is 1. The maximum Gasteiger partial charge on any atom is 0.191 e.